The summed E-state index contributed by atoms with van der Waals surface area (Å²) in [6.45, 7) is 7.70. The number of carbonyl (C=O) groups is 2. The van der Waals surface area contributed by atoms with E-state index in [9.17, 15) is 13.8 Å². The zero-order chi connectivity index (χ0) is 24.9. The Morgan fingerprint density at radius 1 is 1.06 bits per heavy atom. The molecule has 13 heteroatoms. The highest BCUT2D eigenvalue weighted by atomic mass is 35.5. The largest absolute Gasteiger partial charge is 0.369 e. The van der Waals surface area contributed by atoms with E-state index in [0.717, 1.165) is 51.5 Å². The van der Waals surface area contributed by atoms with Gasteiger partial charge in [-0.25, -0.2) is 9.00 Å². The molecular weight excluding hydrogens is 494 g/mol. The van der Waals surface area contributed by atoms with Crippen molar-refractivity contribution in [3.63, 3.8) is 0 Å². The van der Waals surface area contributed by atoms with Crippen LogP contribution in [-0.4, -0.2) is 103 Å². The lowest BCUT2D eigenvalue weighted by molar-refractivity contribution is -0.114. The summed E-state index contributed by atoms with van der Waals surface area (Å²) in [5, 5.41) is 7.38. The molecular formula is C22H30ClN7O4S. The van der Waals surface area contributed by atoms with Crippen molar-refractivity contribution in [2.45, 2.75) is 13.5 Å². The maximum atomic E-state index is 12.8. The summed E-state index contributed by atoms with van der Waals surface area (Å²) in [5.74, 6) is 0.290. The number of carbonyl (C=O) groups excluding carboxylic acids is 2. The van der Waals surface area contributed by atoms with Crippen molar-refractivity contribution in [1.29, 1.82) is 0 Å². The van der Waals surface area contributed by atoms with Gasteiger partial charge in [-0.15, -0.1) is 5.10 Å². The fraction of sp³-hybridized carbons (Fsp3) is 0.500. The van der Waals surface area contributed by atoms with Gasteiger partial charge in [-0.2, -0.15) is 4.68 Å². The van der Waals surface area contributed by atoms with E-state index in [0.29, 0.717) is 23.9 Å². The van der Waals surface area contributed by atoms with Gasteiger partial charge in [0.1, 0.15) is 5.88 Å². The maximum Gasteiger partial charge on any atom is 0.344 e. The molecule has 0 spiro atoms. The number of anilines is 2. The molecule has 1 aromatic carbocycles. The van der Waals surface area contributed by atoms with Gasteiger partial charge in [0.15, 0.2) is 16.9 Å². The summed E-state index contributed by atoms with van der Waals surface area (Å²) < 4.78 is 21.5. The predicted octanol–water partition coefficient (Wildman–Crippen LogP) is 1.58. The molecule has 11 nitrogen and oxygen atoms in total. The van der Waals surface area contributed by atoms with Gasteiger partial charge in [-0.1, -0.05) is 17.7 Å². The first-order valence-corrected chi connectivity index (χ1v) is 13.1. The zero-order valence-electron chi connectivity index (χ0n) is 19.6. The standard InChI is InChI=1S/C22H30ClN7O4S/c1-17(31)24-21-4-5-30(25-21)22(32)29-12-6-26(7-13-29)15-18-2-3-19(23)14-20(18)28-10-8-27(9-11-28)16-35(33)34/h2-5,14H,6-13,15-16H2,1H3,(H,33,34)(H,24,25,31). The fourth-order valence-electron chi connectivity index (χ4n) is 4.40. The molecule has 1 aromatic heterocycles. The third-order valence-electron chi connectivity index (χ3n) is 6.18. The highest BCUT2D eigenvalue weighted by Crippen LogP contribution is 2.27. The van der Waals surface area contributed by atoms with Crippen LogP contribution < -0.4 is 10.2 Å². The lowest BCUT2D eigenvalue weighted by Gasteiger charge is -2.38. The van der Waals surface area contributed by atoms with Crippen molar-refractivity contribution in [2.24, 2.45) is 0 Å². The van der Waals surface area contributed by atoms with Gasteiger partial charge >= 0.3 is 6.03 Å². The van der Waals surface area contributed by atoms with Crippen molar-refractivity contribution >= 4 is 46.1 Å². The molecule has 2 fully saturated rings. The van der Waals surface area contributed by atoms with Gasteiger partial charge in [0.2, 0.25) is 5.91 Å². The molecule has 0 bridgehead atoms. The Labute approximate surface area is 211 Å². The van der Waals surface area contributed by atoms with E-state index in [1.165, 1.54) is 17.2 Å². The summed E-state index contributed by atoms with van der Waals surface area (Å²) in [4.78, 5) is 32.3. The predicted molar refractivity (Wildman–Crippen MR) is 135 cm³/mol. The SMILES string of the molecule is CC(=O)Nc1ccn(C(=O)N2CCN(Cc3ccc(Cl)cc3N3CCN(CS(=O)O)CC3)CC2)n1. The van der Waals surface area contributed by atoms with Crippen molar-refractivity contribution in [3.8, 4) is 0 Å². The summed E-state index contributed by atoms with van der Waals surface area (Å²) >= 11 is 4.50. The molecule has 35 heavy (non-hydrogen) atoms. The topological polar surface area (TPSA) is 114 Å². The first-order valence-electron chi connectivity index (χ1n) is 11.5. The molecule has 1 atom stereocenters. The monoisotopic (exact) mass is 523 g/mol. The number of nitrogens with zero attached hydrogens (tertiary/aromatic N) is 6. The van der Waals surface area contributed by atoms with Gasteiger partial charge in [0.25, 0.3) is 0 Å². The number of benzene rings is 1. The van der Waals surface area contributed by atoms with Crippen molar-refractivity contribution in [2.75, 3.05) is 68.5 Å². The average Bonchev–Trinajstić information content (AvgIpc) is 3.28. The Kier molecular flexibility index (Phi) is 8.39. The van der Waals surface area contributed by atoms with E-state index in [-0.39, 0.29) is 17.8 Å². The third-order valence-corrected chi connectivity index (χ3v) is 7.00. The second kappa shape index (κ2) is 11.5. The van der Waals surface area contributed by atoms with Crippen LogP contribution in [0.3, 0.4) is 0 Å². The number of halogens is 1. The fourth-order valence-corrected chi connectivity index (χ4v) is 5.14. The minimum Gasteiger partial charge on any atom is -0.369 e. The van der Waals surface area contributed by atoms with Gasteiger partial charge in [-0.3, -0.25) is 14.6 Å². The summed E-state index contributed by atoms with van der Waals surface area (Å²) in [5.41, 5.74) is 2.25. The molecule has 0 saturated carbocycles. The summed E-state index contributed by atoms with van der Waals surface area (Å²) in [6.07, 6.45) is 1.55. The van der Waals surface area contributed by atoms with Gasteiger partial charge in [0.05, 0.1) is 0 Å². The van der Waals surface area contributed by atoms with E-state index in [2.05, 4.69) is 26.3 Å². The minimum absolute atomic E-state index is 0.173. The second-order valence-electron chi connectivity index (χ2n) is 8.70. The highest BCUT2D eigenvalue weighted by molar-refractivity contribution is 7.79. The third kappa shape index (κ3) is 6.79. The van der Waals surface area contributed by atoms with Crippen LogP contribution in [0, 0.1) is 0 Å². The number of rotatable bonds is 6. The maximum absolute atomic E-state index is 12.8. The molecule has 3 heterocycles. The quantitative estimate of drug-likeness (QED) is 0.549. The number of amides is 2. The van der Waals surface area contributed by atoms with Crippen LogP contribution in [0.25, 0.3) is 0 Å². The number of nitrogens with one attached hydrogen (secondary N) is 1. The number of aromatic nitrogens is 2. The van der Waals surface area contributed by atoms with E-state index in [1.54, 1.807) is 17.2 Å². The molecule has 2 aliphatic rings. The van der Waals surface area contributed by atoms with Gasteiger partial charge in [0, 0.05) is 88.8 Å². The lowest BCUT2D eigenvalue weighted by atomic mass is 10.1. The first kappa shape index (κ1) is 25.6. The van der Waals surface area contributed by atoms with Crippen LogP contribution >= 0.6 is 11.6 Å². The number of hydrogen-bond donors (Lipinski definition) is 2. The summed E-state index contributed by atoms with van der Waals surface area (Å²) in [7, 11) is 0. The minimum atomic E-state index is -1.82. The smallest absolute Gasteiger partial charge is 0.344 e. The Morgan fingerprint density at radius 3 is 2.40 bits per heavy atom. The van der Waals surface area contributed by atoms with E-state index in [1.807, 2.05) is 17.0 Å². The van der Waals surface area contributed by atoms with Crippen LogP contribution in [0.15, 0.2) is 30.5 Å². The Bertz CT molecular complexity index is 1080. The molecule has 0 aliphatic carbocycles. The highest BCUT2D eigenvalue weighted by Gasteiger charge is 2.25. The molecule has 1 unspecified atom stereocenters. The van der Waals surface area contributed by atoms with Crippen molar-refractivity contribution in [3.05, 3.63) is 41.0 Å². The molecule has 2 N–H and O–H groups in total. The zero-order valence-corrected chi connectivity index (χ0v) is 21.2. The molecule has 190 valence electrons. The van der Waals surface area contributed by atoms with Gasteiger partial charge < -0.3 is 19.7 Å². The normalized spacial score (nSPS) is 18.5. The summed E-state index contributed by atoms with van der Waals surface area (Å²) in [6, 6.07) is 7.32. The van der Waals surface area contributed by atoms with E-state index < -0.39 is 11.1 Å². The van der Waals surface area contributed by atoms with Crippen LogP contribution in [0.1, 0.15) is 12.5 Å². The van der Waals surface area contributed by atoms with Crippen LogP contribution in [-0.2, 0) is 22.4 Å². The van der Waals surface area contributed by atoms with Crippen LogP contribution in [0.5, 0.6) is 0 Å². The van der Waals surface area contributed by atoms with Crippen molar-refractivity contribution in [1.82, 2.24) is 24.5 Å². The number of piperazine rings is 2. The lowest BCUT2D eigenvalue weighted by Crippen LogP contribution is -2.50. The molecule has 4 rings (SSSR count). The molecule has 2 saturated heterocycles. The van der Waals surface area contributed by atoms with E-state index >= 15 is 0 Å². The average molecular weight is 524 g/mol. The van der Waals surface area contributed by atoms with Crippen LogP contribution in [0.4, 0.5) is 16.3 Å². The molecule has 0 radical (unpaired) electrons. The Balaban J connectivity index is 1.34. The Hall–Kier alpha value is -2.51. The molecule has 2 aliphatic heterocycles. The first-order chi connectivity index (χ1) is 16.8. The van der Waals surface area contributed by atoms with Crippen molar-refractivity contribution < 1.29 is 18.4 Å². The van der Waals surface area contributed by atoms with Crippen LogP contribution in [0.2, 0.25) is 5.02 Å². The Morgan fingerprint density at radius 2 is 1.74 bits per heavy atom. The van der Waals surface area contributed by atoms with Gasteiger partial charge in [-0.05, 0) is 17.7 Å². The second-order valence-corrected chi connectivity index (χ2v) is 10.0. The molecule has 2 amide bonds. The number of hydrogen-bond acceptors (Lipinski definition) is 7. The van der Waals surface area contributed by atoms with E-state index in [4.69, 9.17) is 16.2 Å². The molecule has 2 aromatic rings.